The molecule has 0 aromatic heterocycles. The SMILES string of the molecule is O=C(CCN1CCSC1=O)N1CCN(S(=O)(=O)c2ccccc2Cl)CC1. The number of carbonyl (C=O) groups excluding carboxylic acids is 2. The summed E-state index contributed by atoms with van der Waals surface area (Å²) in [6.07, 6.45) is 0.267. The van der Waals surface area contributed by atoms with Crippen LogP contribution >= 0.6 is 23.4 Å². The van der Waals surface area contributed by atoms with Crippen molar-refractivity contribution >= 4 is 44.5 Å². The largest absolute Gasteiger partial charge is 0.340 e. The molecule has 1 aromatic rings. The van der Waals surface area contributed by atoms with E-state index in [4.69, 9.17) is 11.6 Å². The summed E-state index contributed by atoms with van der Waals surface area (Å²) in [7, 11) is -3.67. The molecule has 2 amide bonds. The van der Waals surface area contributed by atoms with Crippen LogP contribution in [0.5, 0.6) is 0 Å². The average molecular weight is 418 g/mol. The number of benzene rings is 1. The Balaban J connectivity index is 1.54. The summed E-state index contributed by atoms with van der Waals surface area (Å²) in [5.41, 5.74) is 0. The molecule has 2 fully saturated rings. The van der Waals surface area contributed by atoms with Gasteiger partial charge in [0.15, 0.2) is 0 Å². The molecule has 0 atom stereocenters. The van der Waals surface area contributed by atoms with Crippen molar-refractivity contribution in [1.82, 2.24) is 14.1 Å². The number of nitrogens with zero attached hydrogens (tertiary/aromatic N) is 3. The van der Waals surface area contributed by atoms with Gasteiger partial charge in [0, 0.05) is 51.4 Å². The molecular formula is C16H20ClN3O4S2. The Labute approximate surface area is 162 Å². The predicted molar refractivity (Wildman–Crippen MR) is 101 cm³/mol. The van der Waals surface area contributed by atoms with Crippen molar-refractivity contribution in [1.29, 1.82) is 0 Å². The van der Waals surface area contributed by atoms with Crippen LogP contribution in [-0.2, 0) is 14.8 Å². The number of carbonyl (C=O) groups is 2. The summed E-state index contributed by atoms with van der Waals surface area (Å²) in [6.45, 7) is 2.25. The average Bonchev–Trinajstić information content (AvgIpc) is 3.05. The molecule has 2 aliphatic heterocycles. The van der Waals surface area contributed by atoms with Gasteiger partial charge in [0.2, 0.25) is 15.9 Å². The highest BCUT2D eigenvalue weighted by Crippen LogP contribution is 2.25. The zero-order valence-electron chi connectivity index (χ0n) is 14.1. The quantitative estimate of drug-likeness (QED) is 0.729. The van der Waals surface area contributed by atoms with Gasteiger partial charge >= 0.3 is 0 Å². The maximum atomic E-state index is 12.7. The molecule has 0 bridgehead atoms. The Morgan fingerprint density at radius 3 is 2.42 bits per heavy atom. The maximum Gasteiger partial charge on any atom is 0.281 e. The summed E-state index contributed by atoms with van der Waals surface area (Å²) >= 11 is 7.29. The van der Waals surface area contributed by atoms with Crippen LogP contribution in [0, 0.1) is 0 Å². The Hall–Kier alpha value is -1.29. The first-order chi connectivity index (χ1) is 12.4. The lowest BCUT2D eigenvalue weighted by Crippen LogP contribution is -2.50. The minimum atomic E-state index is -3.67. The zero-order chi connectivity index (χ0) is 18.7. The van der Waals surface area contributed by atoms with Crippen LogP contribution in [0.4, 0.5) is 4.79 Å². The Bertz CT molecular complexity index is 794. The fourth-order valence-electron chi connectivity index (χ4n) is 2.99. The highest BCUT2D eigenvalue weighted by molar-refractivity contribution is 8.13. The smallest absolute Gasteiger partial charge is 0.281 e. The minimum absolute atomic E-state index is 0.0217. The maximum absolute atomic E-state index is 12.7. The molecule has 142 valence electrons. The summed E-state index contributed by atoms with van der Waals surface area (Å²) in [4.78, 5) is 27.3. The van der Waals surface area contributed by atoms with E-state index in [0.717, 1.165) is 5.75 Å². The fourth-order valence-corrected chi connectivity index (χ4v) is 5.76. The second-order valence-electron chi connectivity index (χ2n) is 6.07. The standard InChI is InChI=1S/C16H20ClN3O4S2/c17-13-3-1-2-4-14(13)26(23,24)20-9-7-18(8-10-20)15(21)5-6-19-11-12-25-16(19)22/h1-4H,5-12H2. The van der Waals surface area contributed by atoms with Crippen molar-refractivity contribution in [3.05, 3.63) is 29.3 Å². The molecule has 0 saturated carbocycles. The third-order valence-electron chi connectivity index (χ3n) is 4.49. The molecule has 1 aromatic carbocycles. The number of rotatable bonds is 5. The molecule has 10 heteroatoms. The summed E-state index contributed by atoms with van der Waals surface area (Å²) < 4.78 is 26.8. The first-order valence-electron chi connectivity index (χ1n) is 8.34. The summed E-state index contributed by atoms with van der Waals surface area (Å²) in [6, 6.07) is 6.35. The second kappa shape index (κ2) is 8.16. The molecule has 0 N–H and O–H groups in total. The Kier molecular flexibility index (Phi) is 6.11. The number of hydrogen-bond acceptors (Lipinski definition) is 5. The summed E-state index contributed by atoms with van der Waals surface area (Å²) in [5.74, 6) is 0.718. The molecule has 26 heavy (non-hydrogen) atoms. The molecule has 7 nitrogen and oxygen atoms in total. The van der Waals surface area contributed by atoms with Gasteiger partial charge in [-0.05, 0) is 12.1 Å². The predicted octanol–water partition coefficient (Wildman–Crippen LogP) is 1.73. The van der Waals surface area contributed by atoms with Gasteiger partial charge in [-0.25, -0.2) is 8.42 Å². The number of amides is 2. The van der Waals surface area contributed by atoms with Crippen LogP contribution in [0.15, 0.2) is 29.2 Å². The molecule has 0 unspecified atom stereocenters. The van der Waals surface area contributed by atoms with Crippen LogP contribution in [0.3, 0.4) is 0 Å². The lowest BCUT2D eigenvalue weighted by atomic mass is 10.3. The van der Waals surface area contributed by atoms with E-state index in [2.05, 4.69) is 0 Å². The minimum Gasteiger partial charge on any atom is -0.340 e. The summed E-state index contributed by atoms with van der Waals surface area (Å²) in [5, 5.41) is 0.215. The van der Waals surface area contributed by atoms with E-state index < -0.39 is 10.0 Å². The second-order valence-corrected chi connectivity index (χ2v) is 9.43. The van der Waals surface area contributed by atoms with Gasteiger partial charge in [0.25, 0.3) is 5.24 Å². The number of piperazine rings is 1. The first-order valence-corrected chi connectivity index (χ1v) is 11.1. The molecule has 2 heterocycles. The van der Waals surface area contributed by atoms with Crippen molar-refractivity contribution in [2.24, 2.45) is 0 Å². The lowest BCUT2D eigenvalue weighted by molar-refractivity contribution is -0.132. The molecule has 0 spiro atoms. The Morgan fingerprint density at radius 2 is 1.81 bits per heavy atom. The number of hydrogen-bond donors (Lipinski definition) is 0. The van der Waals surface area contributed by atoms with Crippen molar-refractivity contribution in [2.75, 3.05) is 45.0 Å². The normalized spacial score (nSPS) is 19.2. The third kappa shape index (κ3) is 4.16. The van der Waals surface area contributed by atoms with E-state index in [1.165, 1.54) is 22.1 Å². The topological polar surface area (TPSA) is 78.0 Å². The lowest BCUT2D eigenvalue weighted by Gasteiger charge is -2.34. The highest BCUT2D eigenvalue weighted by Gasteiger charge is 2.31. The van der Waals surface area contributed by atoms with Gasteiger partial charge in [0.05, 0.1) is 5.02 Å². The number of thioether (sulfide) groups is 1. The third-order valence-corrected chi connectivity index (χ3v) is 7.78. The zero-order valence-corrected chi connectivity index (χ0v) is 16.5. The number of sulfonamides is 1. The van der Waals surface area contributed by atoms with E-state index in [1.807, 2.05) is 0 Å². The molecule has 2 aliphatic rings. The van der Waals surface area contributed by atoms with E-state index in [1.54, 1.807) is 28.0 Å². The molecule has 0 aliphatic carbocycles. The van der Waals surface area contributed by atoms with E-state index >= 15 is 0 Å². The van der Waals surface area contributed by atoms with Gasteiger partial charge in [-0.3, -0.25) is 9.59 Å². The molecule has 3 rings (SSSR count). The monoisotopic (exact) mass is 417 g/mol. The van der Waals surface area contributed by atoms with Gasteiger partial charge in [-0.1, -0.05) is 35.5 Å². The van der Waals surface area contributed by atoms with Crippen LogP contribution < -0.4 is 0 Å². The van der Waals surface area contributed by atoms with Gasteiger partial charge < -0.3 is 9.80 Å². The van der Waals surface area contributed by atoms with Gasteiger partial charge in [-0.2, -0.15) is 4.31 Å². The van der Waals surface area contributed by atoms with Crippen molar-refractivity contribution in [3.8, 4) is 0 Å². The molecule has 0 radical (unpaired) electrons. The van der Waals surface area contributed by atoms with Crippen molar-refractivity contribution in [2.45, 2.75) is 11.3 Å². The van der Waals surface area contributed by atoms with E-state index in [0.29, 0.717) is 26.2 Å². The van der Waals surface area contributed by atoms with E-state index in [9.17, 15) is 18.0 Å². The van der Waals surface area contributed by atoms with Gasteiger partial charge in [-0.15, -0.1) is 0 Å². The van der Waals surface area contributed by atoms with Crippen LogP contribution in [0.2, 0.25) is 5.02 Å². The van der Waals surface area contributed by atoms with Crippen molar-refractivity contribution in [3.63, 3.8) is 0 Å². The fraction of sp³-hybridized carbons (Fsp3) is 0.500. The molecule has 2 saturated heterocycles. The molecular weight excluding hydrogens is 398 g/mol. The van der Waals surface area contributed by atoms with Crippen LogP contribution in [0.25, 0.3) is 0 Å². The van der Waals surface area contributed by atoms with E-state index in [-0.39, 0.29) is 40.6 Å². The first kappa shape index (κ1) is 19.5. The Morgan fingerprint density at radius 1 is 1.12 bits per heavy atom. The van der Waals surface area contributed by atoms with Crippen LogP contribution in [0.1, 0.15) is 6.42 Å². The van der Waals surface area contributed by atoms with Gasteiger partial charge in [0.1, 0.15) is 4.90 Å². The van der Waals surface area contributed by atoms with Crippen molar-refractivity contribution < 1.29 is 18.0 Å². The van der Waals surface area contributed by atoms with Crippen LogP contribution in [-0.4, -0.2) is 78.7 Å². The number of halogens is 1. The highest BCUT2D eigenvalue weighted by atomic mass is 35.5.